The molecule has 3 heterocycles. The Morgan fingerprint density at radius 3 is 2.84 bits per heavy atom. The number of aromatic nitrogens is 3. The number of aromatic hydroxyl groups is 1. The largest absolute Gasteiger partial charge is 0.493 e. The molecule has 8 heteroatoms. The van der Waals surface area contributed by atoms with E-state index in [0.29, 0.717) is 34.6 Å². The van der Waals surface area contributed by atoms with Crippen LogP contribution in [0.25, 0.3) is 32.9 Å². The molecule has 0 bridgehead atoms. The van der Waals surface area contributed by atoms with Crippen molar-refractivity contribution in [2.75, 3.05) is 12.3 Å². The fraction of sp³-hybridized carbons (Fsp3) is 0.125. The van der Waals surface area contributed by atoms with E-state index in [1.54, 1.807) is 24.4 Å². The summed E-state index contributed by atoms with van der Waals surface area (Å²) >= 11 is 0. The number of anilines is 1. The number of nitroso groups, excluding NO2 is 1. The minimum absolute atomic E-state index is 0.0366. The van der Waals surface area contributed by atoms with Gasteiger partial charge in [0.05, 0.1) is 17.7 Å². The average molecular weight is 427 g/mol. The number of aromatic amines is 2. The van der Waals surface area contributed by atoms with Gasteiger partial charge in [-0.25, -0.2) is 4.98 Å². The summed E-state index contributed by atoms with van der Waals surface area (Å²) in [4.78, 5) is 21.4. The topological polar surface area (TPSA) is 129 Å². The molecule has 0 atom stereocenters. The Morgan fingerprint density at radius 1 is 1.09 bits per heavy atom. The summed E-state index contributed by atoms with van der Waals surface area (Å²) in [6.07, 6.45) is 5.35. The number of nitrogens with two attached hydrogens (primary N) is 1. The zero-order valence-electron chi connectivity index (χ0n) is 17.1. The summed E-state index contributed by atoms with van der Waals surface area (Å²) in [5.74, 6) is 0.662. The SMILES string of the molecule is Nc1nccc(OCCCc2c[nH]c3ccccc23)c1-c1ccc2[nH]c(O)c(N=O)c2c1. The summed E-state index contributed by atoms with van der Waals surface area (Å²) in [6.45, 7) is 0.504. The van der Waals surface area contributed by atoms with Crippen molar-refractivity contribution in [2.24, 2.45) is 5.18 Å². The fourth-order valence-electron chi connectivity index (χ4n) is 4.06. The lowest BCUT2D eigenvalue weighted by molar-refractivity contribution is 0.312. The maximum absolute atomic E-state index is 11.1. The number of nitrogens with one attached hydrogen (secondary N) is 2. The first kappa shape index (κ1) is 19.6. The Bertz CT molecular complexity index is 1440. The van der Waals surface area contributed by atoms with Crippen LogP contribution in [0.5, 0.6) is 11.6 Å². The van der Waals surface area contributed by atoms with Crippen molar-refractivity contribution in [1.29, 1.82) is 0 Å². The van der Waals surface area contributed by atoms with Crippen molar-refractivity contribution in [1.82, 2.24) is 15.0 Å². The molecule has 5 aromatic rings. The molecule has 0 aliphatic carbocycles. The van der Waals surface area contributed by atoms with Crippen molar-refractivity contribution in [2.45, 2.75) is 12.8 Å². The standard InChI is InChI=1S/C24H21N5O3/c25-23-21(14-7-8-19-17(12-14)22(29-31)24(30)28-19)20(9-10-26-23)32-11-3-4-15-13-27-18-6-2-1-5-16(15)18/h1-2,5-10,12-13,27-28,30H,3-4,11H2,(H2,25,26). The first-order valence-electron chi connectivity index (χ1n) is 10.3. The van der Waals surface area contributed by atoms with Crippen molar-refractivity contribution < 1.29 is 9.84 Å². The van der Waals surface area contributed by atoms with E-state index in [1.165, 1.54) is 10.9 Å². The van der Waals surface area contributed by atoms with E-state index in [1.807, 2.05) is 24.4 Å². The van der Waals surface area contributed by atoms with Crippen molar-refractivity contribution >= 4 is 33.3 Å². The highest BCUT2D eigenvalue weighted by Gasteiger charge is 2.16. The number of para-hydroxylation sites is 1. The van der Waals surface area contributed by atoms with Crippen LogP contribution in [0.4, 0.5) is 11.5 Å². The highest BCUT2D eigenvalue weighted by molar-refractivity contribution is 5.98. The molecule has 160 valence electrons. The van der Waals surface area contributed by atoms with Gasteiger partial charge >= 0.3 is 0 Å². The van der Waals surface area contributed by atoms with Gasteiger partial charge in [0, 0.05) is 28.7 Å². The number of benzene rings is 2. The number of nitrogens with zero attached hydrogens (tertiary/aromatic N) is 2. The summed E-state index contributed by atoms with van der Waals surface area (Å²) in [5, 5.41) is 14.5. The van der Waals surface area contributed by atoms with Crippen LogP contribution in [0.2, 0.25) is 0 Å². The molecule has 0 unspecified atom stereocenters. The third-order valence-corrected chi connectivity index (χ3v) is 5.60. The second kappa shape index (κ2) is 8.07. The number of fused-ring (bicyclic) bond motifs is 2. The Kier molecular flexibility index (Phi) is 4.95. The van der Waals surface area contributed by atoms with E-state index >= 15 is 0 Å². The first-order chi connectivity index (χ1) is 15.7. The van der Waals surface area contributed by atoms with Gasteiger partial charge in [0.25, 0.3) is 0 Å². The maximum Gasteiger partial charge on any atom is 0.219 e. The van der Waals surface area contributed by atoms with E-state index in [4.69, 9.17) is 10.5 Å². The maximum atomic E-state index is 11.1. The van der Waals surface area contributed by atoms with Crippen LogP contribution in [0.1, 0.15) is 12.0 Å². The predicted octanol–water partition coefficient (Wildman–Crippen LogP) is 5.41. The predicted molar refractivity (Wildman–Crippen MR) is 125 cm³/mol. The fourth-order valence-corrected chi connectivity index (χ4v) is 4.06. The van der Waals surface area contributed by atoms with Gasteiger partial charge in [-0.3, -0.25) is 0 Å². The molecule has 2 aromatic carbocycles. The number of nitrogen functional groups attached to an aromatic ring is 1. The van der Waals surface area contributed by atoms with Gasteiger partial charge in [0.1, 0.15) is 11.6 Å². The van der Waals surface area contributed by atoms with Crippen LogP contribution in [-0.2, 0) is 6.42 Å². The zero-order valence-corrected chi connectivity index (χ0v) is 17.1. The van der Waals surface area contributed by atoms with Crippen LogP contribution in [-0.4, -0.2) is 26.7 Å². The minimum Gasteiger partial charge on any atom is -0.493 e. The van der Waals surface area contributed by atoms with Gasteiger partial charge in [0.15, 0.2) is 5.69 Å². The summed E-state index contributed by atoms with van der Waals surface area (Å²) in [6, 6.07) is 15.3. The van der Waals surface area contributed by atoms with Crippen LogP contribution in [0.15, 0.2) is 66.1 Å². The molecular formula is C24H21N5O3. The molecular weight excluding hydrogens is 406 g/mol. The van der Waals surface area contributed by atoms with Gasteiger partial charge in [-0.05, 0) is 53.4 Å². The molecule has 8 nitrogen and oxygen atoms in total. The van der Waals surface area contributed by atoms with E-state index in [0.717, 1.165) is 23.9 Å². The number of ether oxygens (including phenoxy) is 1. The molecule has 3 aromatic heterocycles. The molecule has 0 aliphatic heterocycles. The number of H-pyrrole nitrogens is 2. The van der Waals surface area contributed by atoms with Gasteiger partial charge in [-0.1, -0.05) is 24.3 Å². The average Bonchev–Trinajstić information content (AvgIpc) is 3.36. The molecule has 0 spiro atoms. The monoisotopic (exact) mass is 427 g/mol. The van der Waals surface area contributed by atoms with E-state index < -0.39 is 0 Å². The molecule has 0 fully saturated rings. The second-order valence-corrected chi connectivity index (χ2v) is 7.55. The minimum atomic E-state index is -0.264. The van der Waals surface area contributed by atoms with Gasteiger partial charge < -0.3 is 25.5 Å². The smallest absolute Gasteiger partial charge is 0.219 e. The lowest BCUT2D eigenvalue weighted by atomic mass is 10.0. The number of aryl methyl sites for hydroxylation is 1. The number of hydrogen-bond donors (Lipinski definition) is 4. The molecule has 0 amide bonds. The Labute approximate surface area is 183 Å². The zero-order chi connectivity index (χ0) is 22.1. The van der Waals surface area contributed by atoms with Crippen molar-refractivity contribution in [3.05, 3.63) is 71.4 Å². The van der Waals surface area contributed by atoms with Crippen molar-refractivity contribution in [3.8, 4) is 22.8 Å². The van der Waals surface area contributed by atoms with Gasteiger partial charge in [-0.2, -0.15) is 0 Å². The highest BCUT2D eigenvalue weighted by Crippen LogP contribution is 2.40. The van der Waals surface area contributed by atoms with E-state index in [9.17, 15) is 10.0 Å². The second-order valence-electron chi connectivity index (χ2n) is 7.55. The third-order valence-electron chi connectivity index (χ3n) is 5.60. The first-order valence-corrected chi connectivity index (χ1v) is 10.3. The van der Waals surface area contributed by atoms with Crippen LogP contribution in [0, 0.1) is 4.91 Å². The molecule has 5 rings (SSSR count). The lowest BCUT2D eigenvalue weighted by Gasteiger charge is -2.13. The Balaban J connectivity index is 1.37. The van der Waals surface area contributed by atoms with Gasteiger partial charge in [0.2, 0.25) is 5.88 Å². The number of rotatable bonds is 7. The molecule has 0 radical (unpaired) electrons. The molecule has 0 saturated heterocycles. The highest BCUT2D eigenvalue weighted by atomic mass is 16.5. The number of hydrogen-bond acceptors (Lipinski definition) is 6. The van der Waals surface area contributed by atoms with Crippen molar-refractivity contribution in [3.63, 3.8) is 0 Å². The summed E-state index contributed by atoms with van der Waals surface area (Å²) in [5.41, 5.74) is 10.5. The van der Waals surface area contributed by atoms with E-state index in [-0.39, 0.29) is 11.6 Å². The quantitative estimate of drug-likeness (QED) is 0.204. The third kappa shape index (κ3) is 3.41. The summed E-state index contributed by atoms with van der Waals surface area (Å²) < 4.78 is 6.08. The lowest BCUT2D eigenvalue weighted by Crippen LogP contribution is -2.03. The molecule has 0 saturated carbocycles. The molecule has 5 N–H and O–H groups in total. The van der Waals surface area contributed by atoms with E-state index in [2.05, 4.69) is 32.3 Å². The summed E-state index contributed by atoms with van der Waals surface area (Å²) in [7, 11) is 0. The Hall–Kier alpha value is -4.33. The number of pyridine rings is 1. The van der Waals surface area contributed by atoms with Crippen LogP contribution >= 0.6 is 0 Å². The Morgan fingerprint density at radius 2 is 1.97 bits per heavy atom. The molecule has 0 aliphatic rings. The normalized spacial score (nSPS) is 11.2. The van der Waals surface area contributed by atoms with Crippen LogP contribution in [0.3, 0.4) is 0 Å². The van der Waals surface area contributed by atoms with Gasteiger partial charge in [-0.15, -0.1) is 4.91 Å². The molecule has 32 heavy (non-hydrogen) atoms. The van der Waals surface area contributed by atoms with Crippen LogP contribution < -0.4 is 10.5 Å².